The van der Waals surface area contributed by atoms with Crippen LogP contribution in [-0.2, 0) is 0 Å². The third-order valence-electron chi connectivity index (χ3n) is 2.05. The minimum absolute atomic E-state index is 0.484. The summed E-state index contributed by atoms with van der Waals surface area (Å²) in [5.41, 5.74) is 5.41. The molecule has 3 N–H and O–H groups in total. The van der Waals surface area contributed by atoms with Crippen molar-refractivity contribution in [3.63, 3.8) is 0 Å². The molecule has 0 aliphatic rings. The smallest absolute Gasteiger partial charge is 0.0386 e. The summed E-state index contributed by atoms with van der Waals surface area (Å²) in [5.74, 6) is 0. The summed E-state index contributed by atoms with van der Waals surface area (Å²) >= 11 is 1.81. The van der Waals surface area contributed by atoms with E-state index in [0.29, 0.717) is 6.04 Å². The largest absolute Gasteiger partial charge is 0.330 e. The highest BCUT2D eigenvalue weighted by molar-refractivity contribution is 7.10. The van der Waals surface area contributed by atoms with Crippen molar-refractivity contribution in [1.82, 2.24) is 5.32 Å². The molecule has 1 heterocycles. The van der Waals surface area contributed by atoms with E-state index in [1.807, 2.05) is 11.3 Å². The number of rotatable bonds is 6. The van der Waals surface area contributed by atoms with Gasteiger partial charge >= 0.3 is 0 Å². The highest BCUT2D eigenvalue weighted by Gasteiger charge is 2.03. The number of thiophene rings is 1. The zero-order valence-electron chi connectivity index (χ0n) is 8.12. The zero-order chi connectivity index (χ0) is 9.52. The lowest BCUT2D eigenvalue weighted by Crippen LogP contribution is -2.19. The van der Waals surface area contributed by atoms with E-state index >= 15 is 0 Å². The lowest BCUT2D eigenvalue weighted by molar-refractivity contribution is 0.555. The van der Waals surface area contributed by atoms with Crippen LogP contribution in [0.2, 0.25) is 0 Å². The number of hydrogen-bond donors (Lipinski definition) is 2. The maximum Gasteiger partial charge on any atom is 0.0386 e. The Balaban J connectivity index is 2.15. The Morgan fingerprint density at radius 3 is 3.00 bits per heavy atom. The maximum atomic E-state index is 5.41. The standard InChI is InChI=1S/C10H18N2S/c1-9(10-5-4-8-13-10)12-7-3-2-6-11/h4-5,8-9,12H,2-3,6-7,11H2,1H3. The summed E-state index contributed by atoms with van der Waals surface area (Å²) in [6.45, 7) is 4.07. The van der Waals surface area contributed by atoms with Gasteiger partial charge in [0.25, 0.3) is 0 Å². The van der Waals surface area contributed by atoms with E-state index in [1.165, 1.54) is 11.3 Å². The monoisotopic (exact) mass is 198 g/mol. The van der Waals surface area contributed by atoms with E-state index in [-0.39, 0.29) is 0 Å². The van der Waals surface area contributed by atoms with E-state index in [4.69, 9.17) is 5.73 Å². The molecule has 1 rings (SSSR count). The van der Waals surface area contributed by atoms with Crippen LogP contribution in [-0.4, -0.2) is 13.1 Å². The van der Waals surface area contributed by atoms with Crippen LogP contribution in [0.4, 0.5) is 0 Å². The SMILES string of the molecule is CC(NCCCCN)c1cccs1. The van der Waals surface area contributed by atoms with E-state index in [2.05, 4.69) is 29.8 Å². The molecular weight excluding hydrogens is 180 g/mol. The zero-order valence-corrected chi connectivity index (χ0v) is 8.94. The van der Waals surface area contributed by atoms with Crippen LogP contribution >= 0.6 is 11.3 Å². The molecule has 0 spiro atoms. The molecule has 1 unspecified atom stereocenters. The quantitative estimate of drug-likeness (QED) is 0.687. The maximum absolute atomic E-state index is 5.41. The molecule has 0 amide bonds. The van der Waals surface area contributed by atoms with Crippen molar-refractivity contribution < 1.29 is 0 Å². The molecule has 0 radical (unpaired) electrons. The molecule has 3 heteroatoms. The van der Waals surface area contributed by atoms with E-state index in [9.17, 15) is 0 Å². The van der Waals surface area contributed by atoms with E-state index < -0.39 is 0 Å². The van der Waals surface area contributed by atoms with Crippen molar-refractivity contribution >= 4 is 11.3 Å². The van der Waals surface area contributed by atoms with Gasteiger partial charge in [-0.15, -0.1) is 11.3 Å². The first-order valence-electron chi connectivity index (χ1n) is 4.81. The van der Waals surface area contributed by atoms with E-state index in [1.54, 1.807) is 0 Å². The first kappa shape index (κ1) is 10.7. The summed E-state index contributed by atoms with van der Waals surface area (Å²) in [6.07, 6.45) is 2.29. The summed E-state index contributed by atoms with van der Waals surface area (Å²) < 4.78 is 0. The van der Waals surface area contributed by atoms with Crippen LogP contribution in [0.5, 0.6) is 0 Å². The van der Waals surface area contributed by atoms with Gasteiger partial charge < -0.3 is 11.1 Å². The minimum Gasteiger partial charge on any atom is -0.330 e. The Morgan fingerprint density at radius 1 is 1.54 bits per heavy atom. The average molecular weight is 198 g/mol. The molecule has 0 bridgehead atoms. The fraction of sp³-hybridized carbons (Fsp3) is 0.600. The van der Waals surface area contributed by atoms with Gasteiger partial charge in [0, 0.05) is 10.9 Å². The topological polar surface area (TPSA) is 38.0 Å². The first-order valence-corrected chi connectivity index (χ1v) is 5.69. The molecule has 0 aliphatic heterocycles. The van der Waals surface area contributed by atoms with Crippen molar-refractivity contribution in [3.05, 3.63) is 22.4 Å². The lowest BCUT2D eigenvalue weighted by Gasteiger charge is -2.11. The highest BCUT2D eigenvalue weighted by atomic mass is 32.1. The molecule has 1 atom stereocenters. The second kappa shape index (κ2) is 6.13. The second-order valence-corrected chi connectivity index (χ2v) is 4.17. The van der Waals surface area contributed by atoms with Crippen molar-refractivity contribution in [1.29, 1.82) is 0 Å². The fourth-order valence-electron chi connectivity index (χ4n) is 1.23. The van der Waals surface area contributed by atoms with Gasteiger partial charge in [-0.3, -0.25) is 0 Å². The average Bonchev–Trinajstić information content (AvgIpc) is 2.65. The van der Waals surface area contributed by atoms with Gasteiger partial charge in [-0.25, -0.2) is 0 Å². The predicted octanol–water partition coefficient (Wildman–Crippen LogP) is 2.14. The molecule has 0 fully saturated rings. The van der Waals surface area contributed by atoms with Gasteiger partial charge in [0.05, 0.1) is 0 Å². The Hall–Kier alpha value is -0.380. The minimum atomic E-state index is 0.484. The Kier molecular flexibility index (Phi) is 5.05. The predicted molar refractivity (Wildman–Crippen MR) is 59.0 cm³/mol. The highest BCUT2D eigenvalue weighted by Crippen LogP contribution is 2.17. The summed E-state index contributed by atoms with van der Waals surface area (Å²) in [4.78, 5) is 1.41. The van der Waals surface area contributed by atoms with Crippen LogP contribution in [0.1, 0.15) is 30.7 Å². The molecule has 13 heavy (non-hydrogen) atoms. The van der Waals surface area contributed by atoms with Crippen LogP contribution in [0.25, 0.3) is 0 Å². The molecule has 0 saturated carbocycles. The Bertz CT molecular complexity index is 209. The molecule has 0 aliphatic carbocycles. The van der Waals surface area contributed by atoms with Gasteiger partial charge in [0.2, 0.25) is 0 Å². The third kappa shape index (κ3) is 3.89. The molecule has 1 aromatic rings. The number of hydrogen-bond acceptors (Lipinski definition) is 3. The molecule has 2 nitrogen and oxygen atoms in total. The molecule has 1 aromatic heterocycles. The Morgan fingerprint density at radius 2 is 2.38 bits per heavy atom. The Labute approximate surface area is 84.2 Å². The van der Waals surface area contributed by atoms with Crippen LogP contribution in [0.3, 0.4) is 0 Å². The summed E-state index contributed by atoms with van der Waals surface area (Å²) in [6, 6.07) is 4.75. The fourth-order valence-corrected chi connectivity index (χ4v) is 1.99. The number of nitrogens with one attached hydrogen (secondary N) is 1. The van der Waals surface area contributed by atoms with Gasteiger partial charge in [-0.1, -0.05) is 6.07 Å². The van der Waals surface area contributed by atoms with Crippen molar-refractivity contribution in [2.75, 3.05) is 13.1 Å². The third-order valence-corrected chi connectivity index (χ3v) is 3.11. The van der Waals surface area contributed by atoms with E-state index in [0.717, 1.165) is 19.5 Å². The van der Waals surface area contributed by atoms with Crippen molar-refractivity contribution in [3.8, 4) is 0 Å². The summed E-state index contributed by atoms with van der Waals surface area (Å²) in [7, 11) is 0. The van der Waals surface area contributed by atoms with Crippen molar-refractivity contribution in [2.24, 2.45) is 5.73 Å². The van der Waals surface area contributed by atoms with Gasteiger partial charge in [0.15, 0.2) is 0 Å². The first-order chi connectivity index (χ1) is 6.34. The normalized spacial score (nSPS) is 13.1. The molecule has 74 valence electrons. The van der Waals surface area contributed by atoms with Crippen LogP contribution in [0, 0.1) is 0 Å². The van der Waals surface area contributed by atoms with Crippen molar-refractivity contribution in [2.45, 2.75) is 25.8 Å². The molecule has 0 aromatic carbocycles. The van der Waals surface area contributed by atoms with Crippen LogP contribution < -0.4 is 11.1 Å². The molecular formula is C10H18N2S. The lowest BCUT2D eigenvalue weighted by atomic mass is 10.2. The van der Waals surface area contributed by atoms with Gasteiger partial charge in [0.1, 0.15) is 0 Å². The number of unbranched alkanes of at least 4 members (excludes halogenated alkanes) is 1. The summed E-state index contributed by atoms with van der Waals surface area (Å²) in [5, 5.41) is 5.59. The second-order valence-electron chi connectivity index (χ2n) is 3.19. The number of nitrogens with two attached hydrogens (primary N) is 1. The van der Waals surface area contributed by atoms with Gasteiger partial charge in [-0.2, -0.15) is 0 Å². The van der Waals surface area contributed by atoms with Crippen LogP contribution in [0.15, 0.2) is 17.5 Å². The van der Waals surface area contributed by atoms with Gasteiger partial charge in [-0.05, 0) is 44.3 Å². The molecule has 0 saturated heterocycles.